The van der Waals surface area contributed by atoms with Crippen molar-refractivity contribution in [1.82, 2.24) is 24.0 Å². The summed E-state index contributed by atoms with van der Waals surface area (Å²) in [5.74, 6) is 0.778. The molecule has 10 heteroatoms. The highest BCUT2D eigenvalue weighted by molar-refractivity contribution is 5.99. The number of alkyl halides is 1. The number of aryl methyl sites for hydroxylation is 1. The Bertz CT molecular complexity index is 1640. The summed E-state index contributed by atoms with van der Waals surface area (Å²) in [4.78, 5) is 23.2. The van der Waals surface area contributed by atoms with Crippen molar-refractivity contribution in [1.29, 1.82) is 0 Å². The maximum atomic E-state index is 13.2. The lowest BCUT2D eigenvalue weighted by Crippen LogP contribution is -2.17. The van der Waals surface area contributed by atoms with Gasteiger partial charge in [0.15, 0.2) is 0 Å². The van der Waals surface area contributed by atoms with Crippen LogP contribution in [-0.2, 0) is 17.9 Å². The zero-order valence-electron chi connectivity index (χ0n) is 21.9. The third-order valence-electron chi connectivity index (χ3n) is 6.23. The van der Waals surface area contributed by atoms with Crippen LogP contribution < -0.4 is 15.4 Å². The second kappa shape index (κ2) is 11.4. The van der Waals surface area contributed by atoms with E-state index < -0.39 is 6.67 Å². The Hall–Kier alpha value is -4.70. The highest BCUT2D eigenvalue weighted by Crippen LogP contribution is 2.32. The molecule has 0 unspecified atom stereocenters. The number of nitrogens with zero attached hydrogens (tertiary/aromatic N) is 5. The molecule has 39 heavy (non-hydrogen) atoms. The fourth-order valence-corrected chi connectivity index (χ4v) is 4.29. The van der Waals surface area contributed by atoms with Crippen molar-refractivity contribution in [2.75, 3.05) is 37.9 Å². The van der Waals surface area contributed by atoms with E-state index in [0.29, 0.717) is 34.3 Å². The summed E-state index contributed by atoms with van der Waals surface area (Å²) in [6.07, 6.45) is 5.05. The molecule has 3 heterocycles. The number of hydrogen-bond donors (Lipinski definition) is 2. The van der Waals surface area contributed by atoms with Gasteiger partial charge >= 0.3 is 0 Å². The minimum Gasteiger partial charge on any atom is -0.438 e. The van der Waals surface area contributed by atoms with Gasteiger partial charge in [0.05, 0.1) is 11.9 Å². The molecule has 0 bridgehead atoms. The van der Waals surface area contributed by atoms with Gasteiger partial charge in [-0.3, -0.25) is 4.79 Å². The van der Waals surface area contributed by atoms with Gasteiger partial charge in [0.25, 0.3) is 0 Å². The number of amides is 1. The first-order valence-electron chi connectivity index (χ1n) is 12.6. The number of carbonyl (C=O) groups is 1. The number of hydrogen-bond acceptors (Lipinski definition) is 6. The Balaban J connectivity index is 1.46. The van der Waals surface area contributed by atoms with Crippen LogP contribution in [0.15, 0.2) is 79.6 Å². The quantitative estimate of drug-likeness (QED) is 0.218. The SMILES string of the molecule is C=CC(=O)Nc1cccc(Oc2nc(Nc3ccc4c(ccn4CCN(C)C)c3)nc3c2ccn3CCF)c1. The molecule has 200 valence electrons. The molecular weight excluding hydrogens is 497 g/mol. The van der Waals surface area contributed by atoms with E-state index in [0.717, 1.165) is 29.7 Å². The van der Waals surface area contributed by atoms with Crippen LogP contribution >= 0.6 is 0 Å². The number of benzene rings is 2. The molecule has 0 saturated carbocycles. The number of nitrogens with one attached hydrogen (secondary N) is 2. The Labute approximate surface area is 225 Å². The third kappa shape index (κ3) is 5.91. The van der Waals surface area contributed by atoms with Gasteiger partial charge in [-0.15, -0.1) is 0 Å². The highest BCUT2D eigenvalue weighted by Gasteiger charge is 2.15. The minimum atomic E-state index is -0.529. The number of carbonyl (C=O) groups excluding carboxylic acids is 1. The summed E-state index contributed by atoms with van der Waals surface area (Å²) >= 11 is 0. The van der Waals surface area contributed by atoms with E-state index in [1.54, 1.807) is 41.1 Å². The fraction of sp³-hybridized carbons (Fsp3) is 0.207. The van der Waals surface area contributed by atoms with Crippen molar-refractivity contribution in [2.24, 2.45) is 0 Å². The van der Waals surface area contributed by atoms with Gasteiger partial charge in [0, 0.05) is 53.8 Å². The Morgan fingerprint density at radius 2 is 1.90 bits per heavy atom. The van der Waals surface area contributed by atoms with Gasteiger partial charge in [-0.05, 0) is 62.6 Å². The van der Waals surface area contributed by atoms with Gasteiger partial charge < -0.3 is 29.4 Å². The molecule has 0 atom stereocenters. The van der Waals surface area contributed by atoms with Crippen molar-refractivity contribution in [2.45, 2.75) is 13.1 Å². The van der Waals surface area contributed by atoms with Crippen LogP contribution in [0.2, 0.25) is 0 Å². The lowest BCUT2D eigenvalue weighted by Gasteiger charge is -2.13. The van der Waals surface area contributed by atoms with Crippen molar-refractivity contribution in [3.05, 3.63) is 79.6 Å². The van der Waals surface area contributed by atoms with E-state index in [1.165, 1.54) is 6.08 Å². The predicted octanol–water partition coefficient (Wildman–Crippen LogP) is 5.58. The average Bonchev–Trinajstić information content (AvgIpc) is 3.51. The molecule has 0 radical (unpaired) electrons. The van der Waals surface area contributed by atoms with Gasteiger partial charge in [0.2, 0.25) is 17.7 Å². The van der Waals surface area contributed by atoms with Crippen molar-refractivity contribution < 1.29 is 13.9 Å². The van der Waals surface area contributed by atoms with Crippen LogP contribution in [0.4, 0.5) is 21.7 Å². The summed E-state index contributed by atoms with van der Waals surface area (Å²) in [6.45, 7) is 4.95. The number of rotatable bonds is 11. The average molecular weight is 528 g/mol. The molecule has 1 amide bonds. The molecule has 5 aromatic rings. The zero-order valence-corrected chi connectivity index (χ0v) is 21.9. The highest BCUT2D eigenvalue weighted by atomic mass is 19.1. The van der Waals surface area contributed by atoms with Gasteiger partial charge in [0.1, 0.15) is 18.1 Å². The molecular formula is C29H30FN7O2. The van der Waals surface area contributed by atoms with E-state index in [-0.39, 0.29) is 12.5 Å². The normalized spacial score (nSPS) is 11.3. The van der Waals surface area contributed by atoms with Crippen LogP contribution in [0.5, 0.6) is 11.6 Å². The fourth-order valence-electron chi connectivity index (χ4n) is 4.29. The number of anilines is 3. The molecule has 5 rings (SSSR count). The minimum absolute atomic E-state index is 0.162. The number of ether oxygens (including phenoxy) is 1. The first-order valence-corrected chi connectivity index (χ1v) is 12.6. The van der Waals surface area contributed by atoms with Crippen molar-refractivity contribution >= 4 is 45.2 Å². The van der Waals surface area contributed by atoms with Crippen molar-refractivity contribution in [3.63, 3.8) is 0 Å². The van der Waals surface area contributed by atoms with E-state index in [4.69, 9.17) is 4.74 Å². The molecule has 3 aromatic heterocycles. The van der Waals surface area contributed by atoms with Gasteiger partial charge in [-0.1, -0.05) is 12.6 Å². The third-order valence-corrected chi connectivity index (χ3v) is 6.23. The number of aromatic nitrogens is 4. The first-order chi connectivity index (χ1) is 18.9. The summed E-state index contributed by atoms with van der Waals surface area (Å²) in [7, 11) is 4.12. The zero-order chi connectivity index (χ0) is 27.4. The molecule has 2 N–H and O–H groups in total. The maximum absolute atomic E-state index is 13.2. The van der Waals surface area contributed by atoms with Crippen molar-refractivity contribution in [3.8, 4) is 11.6 Å². The molecule has 2 aromatic carbocycles. The smallest absolute Gasteiger partial charge is 0.247 e. The van der Waals surface area contributed by atoms with E-state index in [2.05, 4.69) is 69.1 Å². The number of likely N-dealkylation sites (N-methyl/N-ethyl adjacent to an activating group) is 1. The van der Waals surface area contributed by atoms with Crippen LogP contribution in [0, 0.1) is 0 Å². The van der Waals surface area contributed by atoms with Crippen LogP contribution in [0.25, 0.3) is 21.9 Å². The molecule has 0 saturated heterocycles. The Kier molecular flexibility index (Phi) is 7.55. The first kappa shape index (κ1) is 25.9. The van der Waals surface area contributed by atoms with E-state index >= 15 is 0 Å². The van der Waals surface area contributed by atoms with Crippen LogP contribution in [0.3, 0.4) is 0 Å². The summed E-state index contributed by atoms with van der Waals surface area (Å²) in [6, 6.07) is 16.9. The molecule has 0 aliphatic rings. The monoisotopic (exact) mass is 527 g/mol. The largest absolute Gasteiger partial charge is 0.438 e. The lowest BCUT2D eigenvalue weighted by atomic mass is 10.2. The van der Waals surface area contributed by atoms with Crippen LogP contribution in [-0.4, -0.2) is 57.2 Å². The van der Waals surface area contributed by atoms with E-state index in [9.17, 15) is 9.18 Å². The molecule has 0 aliphatic carbocycles. The topological polar surface area (TPSA) is 89.2 Å². The van der Waals surface area contributed by atoms with Crippen LogP contribution in [0.1, 0.15) is 0 Å². The molecule has 9 nitrogen and oxygen atoms in total. The standard InChI is InChI=1S/C29H30FN7O2/c1-4-26(38)31-21-6-5-7-23(19-21)39-28-24-11-14-37(15-12-30)27(24)33-29(34-28)32-22-8-9-25-20(18-22)10-13-36(25)17-16-35(2)3/h4-11,13-14,18-19H,1,12,15-17H2,2-3H3,(H,31,38)(H,32,33,34). The molecule has 0 fully saturated rings. The maximum Gasteiger partial charge on any atom is 0.247 e. The number of halogens is 1. The second-order valence-electron chi connectivity index (χ2n) is 9.32. The van der Waals surface area contributed by atoms with Gasteiger partial charge in [-0.2, -0.15) is 9.97 Å². The predicted molar refractivity (Wildman–Crippen MR) is 153 cm³/mol. The Morgan fingerprint density at radius 3 is 2.69 bits per heavy atom. The second-order valence-corrected chi connectivity index (χ2v) is 9.32. The Morgan fingerprint density at radius 1 is 1.05 bits per heavy atom. The summed E-state index contributed by atoms with van der Waals surface area (Å²) in [5, 5.41) is 7.74. The lowest BCUT2D eigenvalue weighted by molar-refractivity contribution is -0.111. The summed E-state index contributed by atoms with van der Waals surface area (Å²) < 4.78 is 23.4. The van der Waals surface area contributed by atoms with E-state index in [1.807, 2.05) is 12.1 Å². The number of fused-ring (bicyclic) bond motifs is 2. The molecule has 0 spiro atoms. The van der Waals surface area contributed by atoms with Gasteiger partial charge in [-0.25, -0.2) is 4.39 Å². The molecule has 0 aliphatic heterocycles. The summed E-state index contributed by atoms with van der Waals surface area (Å²) in [5.41, 5.74) is 3.06.